The second kappa shape index (κ2) is 11.3. The zero-order valence-electron chi connectivity index (χ0n) is 16.8. The number of nitrogens with zero attached hydrogens (tertiary/aromatic N) is 1. The molecule has 4 heteroatoms. The van der Waals surface area contributed by atoms with Gasteiger partial charge in [-0.15, -0.1) is 0 Å². The molecule has 0 aliphatic carbocycles. The standard InChI is InChI=1S/C22H34N2O2.CH4/c1-6-15(3)16(4)10-12-23-20(7-2)22(25)18-11-13-24-21-9-8-17(26-5)14-19(18)21;/h8-9,11,13-16,20,22-23,25H,6-7,10,12H2,1-5H3;1H4/t15-,16?,20?,22?;/m1./s1. The molecule has 1 aromatic carbocycles. The normalized spacial score (nSPS) is 15.6. The monoisotopic (exact) mass is 374 g/mol. The summed E-state index contributed by atoms with van der Waals surface area (Å²) >= 11 is 0. The number of pyridine rings is 1. The van der Waals surface area contributed by atoms with Gasteiger partial charge in [0, 0.05) is 17.6 Å². The number of rotatable bonds is 10. The first kappa shape index (κ1) is 23.4. The minimum atomic E-state index is -0.573. The Morgan fingerprint density at radius 1 is 1.11 bits per heavy atom. The zero-order valence-corrected chi connectivity index (χ0v) is 16.8. The van der Waals surface area contributed by atoms with Crippen molar-refractivity contribution in [2.75, 3.05) is 13.7 Å². The summed E-state index contributed by atoms with van der Waals surface area (Å²) in [6, 6.07) is 7.73. The Morgan fingerprint density at radius 2 is 1.85 bits per heavy atom. The minimum absolute atomic E-state index is 0. The number of hydrogen-bond donors (Lipinski definition) is 2. The van der Waals surface area contributed by atoms with Gasteiger partial charge in [0.1, 0.15) is 5.75 Å². The molecule has 2 rings (SSSR count). The van der Waals surface area contributed by atoms with E-state index in [4.69, 9.17) is 4.74 Å². The van der Waals surface area contributed by atoms with Crippen LogP contribution in [0.3, 0.4) is 0 Å². The molecule has 0 amide bonds. The number of aliphatic hydroxyl groups is 1. The number of ether oxygens (including phenoxy) is 1. The van der Waals surface area contributed by atoms with E-state index in [0.29, 0.717) is 5.92 Å². The third-order valence-electron chi connectivity index (χ3n) is 5.74. The average Bonchev–Trinajstić information content (AvgIpc) is 2.68. The molecule has 27 heavy (non-hydrogen) atoms. The van der Waals surface area contributed by atoms with Crippen molar-refractivity contribution in [2.24, 2.45) is 11.8 Å². The van der Waals surface area contributed by atoms with Gasteiger partial charge in [0.25, 0.3) is 0 Å². The van der Waals surface area contributed by atoms with Gasteiger partial charge in [0.2, 0.25) is 0 Å². The number of aromatic nitrogens is 1. The van der Waals surface area contributed by atoms with Crippen molar-refractivity contribution in [3.05, 3.63) is 36.0 Å². The first-order chi connectivity index (χ1) is 12.5. The summed E-state index contributed by atoms with van der Waals surface area (Å²) in [7, 11) is 1.66. The van der Waals surface area contributed by atoms with Gasteiger partial charge in [0.05, 0.1) is 18.7 Å². The van der Waals surface area contributed by atoms with E-state index in [1.165, 1.54) is 6.42 Å². The van der Waals surface area contributed by atoms with E-state index in [2.05, 4.69) is 38.0 Å². The lowest BCUT2D eigenvalue weighted by atomic mass is 9.90. The molecule has 0 spiro atoms. The summed E-state index contributed by atoms with van der Waals surface area (Å²) in [5.74, 6) is 2.20. The lowest BCUT2D eigenvalue weighted by Gasteiger charge is -2.26. The van der Waals surface area contributed by atoms with Crippen molar-refractivity contribution in [3.63, 3.8) is 0 Å². The predicted octanol–water partition coefficient (Wildman–Crippen LogP) is 5.35. The fourth-order valence-corrected chi connectivity index (χ4v) is 3.41. The number of nitrogens with one attached hydrogen (secondary N) is 1. The molecule has 3 unspecified atom stereocenters. The highest BCUT2D eigenvalue weighted by Gasteiger charge is 2.21. The molecule has 0 saturated heterocycles. The third-order valence-corrected chi connectivity index (χ3v) is 5.74. The van der Waals surface area contributed by atoms with Gasteiger partial charge in [-0.1, -0.05) is 41.5 Å². The minimum Gasteiger partial charge on any atom is -0.497 e. The van der Waals surface area contributed by atoms with Crippen LogP contribution in [0.4, 0.5) is 0 Å². The van der Waals surface area contributed by atoms with Crippen LogP contribution in [-0.4, -0.2) is 29.8 Å². The Bertz CT molecular complexity index is 689. The van der Waals surface area contributed by atoms with E-state index in [1.54, 1.807) is 13.3 Å². The highest BCUT2D eigenvalue weighted by atomic mass is 16.5. The number of aliphatic hydroxyl groups excluding tert-OH is 1. The Balaban J connectivity index is 0.00000364. The van der Waals surface area contributed by atoms with Crippen molar-refractivity contribution in [1.29, 1.82) is 0 Å². The van der Waals surface area contributed by atoms with Gasteiger partial charge >= 0.3 is 0 Å². The molecule has 0 bridgehead atoms. The van der Waals surface area contributed by atoms with Gasteiger partial charge in [-0.25, -0.2) is 0 Å². The molecule has 0 aliphatic rings. The van der Waals surface area contributed by atoms with Crippen LogP contribution in [0.2, 0.25) is 0 Å². The van der Waals surface area contributed by atoms with Crippen molar-refractivity contribution >= 4 is 10.9 Å². The zero-order chi connectivity index (χ0) is 19.1. The summed E-state index contributed by atoms with van der Waals surface area (Å²) in [5, 5.41) is 15.6. The second-order valence-corrected chi connectivity index (χ2v) is 7.35. The Kier molecular flexibility index (Phi) is 9.75. The lowest BCUT2D eigenvalue weighted by molar-refractivity contribution is 0.126. The molecule has 2 aromatic rings. The summed E-state index contributed by atoms with van der Waals surface area (Å²) < 4.78 is 5.34. The third kappa shape index (κ3) is 5.91. The van der Waals surface area contributed by atoms with Gasteiger partial charge in [0.15, 0.2) is 0 Å². The Morgan fingerprint density at radius 3 is 2.48 bits per heavy atom. The number of fused-ring (bicyclic) bond motifs is 1. The molecular weight excluding hydrogens is 336 g/mol. The molecule has 0 fully saturated rings. The van der Waals surface area contributed by atoms with Gasteiger partial charge in [-0.2, -0.15) is 0 Å². The topological polar surface area (TPSA) is 54.4 Å². The van der Waals surface area contributed by atoms with Crippen LogP contribution in [0.5, 0.6) is 5.75 Å². The summed E-state index contributed by atoms with van der Waals surface area (Å²) in [5.41, 5.74) is 1.78. The molecule has 1 aromatic heterocycles. The van der Waals surface area contributed by atoms with Crippen LogP contribution < -0.4 is 10.1 Å². The molecule has 2 N–H and O–H groups in total. The van der Waals surface area contributed by atoms with Crippen LogP contribution in [0.15, 0.2) is 30.5 Å². The number of methoxy groups -OCH3 is 1. The van der Waals surface area contributed by atoms with Crippen LogP contribution in [0.25, 0.3) is 10.9 Å². The van der Waals surface area contributed by atoms with Crippen molar-refractivity contribution in [2.45, 2.75) is 66.5 Å². The molecule has 1 heterocycles. The van der Waals surface area contributed by atoms with Crippen molar-refractivity contribution in [1.82, 2.24) is 10.3 Å². The van der Waals surface area contributed by atoms with Gasteiger partial charge in [-0.05, 0) is 61.1 Å². The van der Waals surface area contributed by atoms with E-state index in [-0.39, 0.29) is 13.5 Å². The van der Waals surface area contributed by atoms with E-state index in [0.717, 1.165) is 47.5 Å². The highest BCUT2D eigenvalue weighted by Crippen LogP contribution is 2.29. The van der Waals surface area contributed by atoms with E-state index in [1.807, 2.05) is 24.3 Å². The molecule has 4 atom stereocenters. The molecular formula is C23H38N2O2. The number of benzene rings is 1. The molecule has 0 aliphatic heterocycles. The van der Waals surface area contributed by atoms with Crippen LogP contribution in [0.1, 0.15) is 66.1 Å². The fourth-order valence-electron chi connectivity index (χ4n) is 3.41. The maximum Gasteiger partial charge on any atom is 0.119 e. The maximum atomic E-state index is 11.0. The fraction of sp³-hybridized carbons (Fsp3) is 0.609. The quantitative estimate of drug-likeness (QED) is 0.588. The largest absolute Gasteiger partial charge is 0.497 e. The predicted molar refractivity (Wildman–Crippen MR) is 115 cm³/mol. The van der Waals surface area contributed by atoms with Crippen LogP contribution in [0, 0.1) is 11.8 Å². The van der Waals surface area contributed by atoms with Crippen LogP contribution >= 0.6 is 0 Å². The maximum absolute atomic E-state index is 11.0. The Labute approximate surface area is 165 Å². The van der Waals surface area contributed by atoms with E-state index in [9.17, 15) is 5.11 Å². The SMILES string of the molecule is C.CCC(NCCC(C)[C@H](C)CC)C(O)c1ccnc2ccc(OC)cc12. The average molecular weight is 375 g/mol. The lowest BCUT2D eigenvalue weighted by Crippen LogP contribution is -2.36. The Hall–Kier alpha value is -1.65. The van der Waals surface area contributed by atoms with Crippen molar-refractivity contribution < 1.29 is 9.84 Å². The van der Waals surface area contributed by atoms with Gasteiger partial charge < -0.3 is 15.2 Å². The van der Waals surface area contributed by atoms with Crippen molar-refractivity contribution in [3.8, 4) is 5.75 Å². The summed E-state index contributed by atoms with van der Waals surface area (Å²) in [6.07, 6.45) is 4.41. The molecule has 152 valence electrons. The first-order valence-corrected chi connectivity index (χ1v) is 9.85. The molecule has 4 nitrogen and oxygen atoms in total. The van der Waals surface area contributed by atoms with Crippen LogP contribution in [-0.2, 0) is 0 Å². The molecule has 0 saturated carbocycles. The highest BCUT2D eigenvalue weighted by molar-refractivity contribution is 5.83. The van der Waals surface area contributed by atoms with E-state index < -0.39 is 6.10 Å². The van der Waals surface area contributed by atoms with E-state index >= 15 is 0 Å². The summed E-state index contributed by atoms with van der Waals surface area (Å²) in [4.78, 5) is 4.41. The number of hydrogen-bond acceptors (Lipinski definition) is 4. The first-order valence-electron chi connectivity index (χ1n) is 9.85. The summed E-state index contributed by atoms with van der Waals surface area (Å²) in [6.45, 7) is 9.91. The second-order valence-electron chi connectivity index (χ2n) is 7.35. The smallest absolute Gasteiger partial charge is 0.119 e. The van der Waals surface area contributed by atoms with Gasteiger partial charge in [-0.3, -0.25) is 4.98 Å². The molecule has 0 radical (unpaired) electrons.